The van der Waals surface area contributed by atoms with Crippen molar-refractivity contribution in [2.75, 3.05) is 0 Å². The second-order valence-corrected chi connectivity index (χ2v) is 2.47. The highest BCUT2D eigenvalue weighted by Crippen LogP contribution is 2.16. The van der Waals surface area contributed by atoms with E-state index < -0.39 is 6.07 Å². The van der Waals surface area contributed by atoms with Crippen molar-refractivity contribution in [2.24, 2.45) is 0 Å². The zero-order valence-corrected chi connectivity index (χ0v) is 6.26. The molecule has 0 aromatic heterocycles. The number of aryl methyl sites for hydroxylation is 1. The standard InChI is InChI=1S/C8H10BF/c1-6-4-2-3-5-7(6)8(9)10/h2-5,8H,9H2,1H3. The summed E-state index contributed by atoms with van der Waals surface area (Å²) in [6.07, 6.45) is -0.846. The van der Waals surface area contributed by atoms with Gasteiger partial charge in [-0.15, -0.1) is 0 Å². The molecule has 1 atom stereocenters. The van der Waals surface area contributed by atoms with Crippen LogP contribution in [0.1, 0.15) is 17.2 Å². The average Bonchev–Trinajstić information content (AvgIpc) is 1.88. The summed E-state index contributed by atoms with van der Waals surface area (Å²) in [4.78, 5) is 0. The summed E-state index contributed by atoms with van der Waals surface area (Å²) < 4.78 is 12.7. The lowest BCUT2D eigenvalue weighted by Gasteiger charge is -2.04. The van der Waals surface area contributed by atoms with E-state index in [1.54, 1.807) is 7.85 Å². The Morgan fingerprint density at radius 3 is 2.40 bits per heavy atom. The minimum absolute atomic E-state index is 0.794. The largest absolute Gasteiger partial charge is 0.253 e. The van der Waals surface area contributed by atoms with Crippen LogP contribution in [-0.4, -0.2) is 7.85 Å². The van der Waals surface area contributed by atoms with E-state index in [2.05, 4.69) is 0 Å². The molecule has 0 spiro atoms. The topological polar surface area (TPSA) is 0 Å². The van der Waals surface area contributed by atoms with Gasteiger partial charge in [0.2, 0.25) is 0 Å². The second kappa shape index (κ2) is 2.87. The third kappa shape index (κ3) is 1.38. The molecule has 0 radical (unpaired) electrons. The van der Waals surface area contributed by atoms with Gasteiger partial charge in [-0.1, -0.05) is 24.3 Å². The van der Waals surface area contributed by atoms with Crippen LogP contribution < -0.4 is 0 Å². The molecular weight excluding hydrogens is 126 g/mol. The molecule has 1 rings (SSSR count). The molecule has 52 valence electrons. The fourth-order valence-corrected chi connectivity index (χ4v) is 1.03. The predicted molar refractivity (Wildman–Crippen MR) is 43.6 cm³/mol. The van der Waals surface area contributed by atoms with Crippen molar-refractivity contribution in [1.29, 1.82) is 0 Å². The zero-order chi connectivity index (χ0) is 7.56. The molecule has 0 aliphatic carbocycles. The Hall–Kier alpha value is -0.785. The molecule has 2 heteroatoms. The maximum absolute atomic E-state index is 12.7. The van der Waals surface area contributed by atoms with Crippen molar-refractivity contribution in [3.63, 3.8) is 0 Å². The van der Waals surface area contributed by atoms with Gasteiger partial charge in [0.1, 0.15) is 0 Å². The monoisotopic (exact) mass is 136 g/mol. The lowest BCUT2D eigenvalue weighted by Crippen LogP contribution is -1.92. The van der Waals surface area contributed by atoms with E-state index in [1.807, 2.05) is 31.2 Å². The van der Waals surface area contributed by atoms with Crippen LogP contribution in [0.15, 0.2) is 24.3 Å². The van der Waals surface area contributed by atoms with Crippen molar-refractivity contribution in [3.05, 3.63) is 35.4 Å². The number of alkyl halides is 1. The minimum Gasteiger partial charge on any atom is -0.253 e. The maximum Gasteiger partial charge on any atom is 0.152 e. The van der Waals surface area contributed by atoms with Gasteiger partial charge < -0.3 is 0 Å². The molecule has 0 bridgehead atoms. The molecule has 1 unspecified atom stereocenters. The molecule has 10 heavy (non-hydrogen) atoms. The van der Waals surface area contributed by atoms with Gasteiger partial charge in [0.15, 0.2) is 7.85 Å². The first kappa shape index (κ1) is 7.32. The number of rotatable bonds is 1. The summed E-state index contributed by atoms with van der Waals surface area (Å²) in [5.74, 6) is 0. The maximum atomic E-state index is 12.7. The number of benzene rings is 1. The molecule has 1 aromatic rings. The Morgan fingerprint density at radius 2 is 2.00 bits per heavy atom. The van der Waals surface area contributed by atoms with E-state index >= 15 is 0 Å². The Bertz CT molecular complexity index is 220. The summed E-state index contributed by atoms with van der Waals surface area (Å²) in [7, 11) is 1.56. The van der Waals surface area contributed by atoms with Crippen LogP contribution in [0.5, 0.6) is 0 Å². The summed E-state index contributed by atoms with van der Waals surface area (Å²) >= 11 is 0. The molecule has 0 N–H and O–H groups in total. The Balaban J connectivity index is 3.03. The van der Waals surface area contributed by atoms with Gasteiger partial charge in [-0.3, -0.25) is 4.39 Å². The van der Waals surface area contributed by atoms with Crippen LogP contribution in [0, 0.1) is 6.92 Å². The van der Waals surface area contributed by atoms with E-state index in [0.717, 1.165) is 11.1 Å². The van der Waals surface area contributed by atoms with E-state index in [9.17, 15) is 4.39 Å². The van der Waals surface area contributed by atoms with Crippen LogP contribution in [0.4, 0.5) is 4.39 Å². The van der Waals surface area contributed by atoms with Gasteiger partial charge in [0.05, 0.1) is 6.07 Å². The SMILES string of the molecule is BC(F)c1ccccc1C. The highest BCUT2D eigenvalue weighted by atomic mass is 19.1. The lowest BCUT2D eigenvalue weighted by atomic mass is 9.91. The Morgan fingerprint density at radius 1 is 1.40 bits per heavy atom. The van der Waals surface area contributed by atoms with E-state index in [4.69, 9.17) is 0 Å². The lowest BCUT2D eigenvalue weighted by molar-refractivity contribution is 0.458. The number of hydrogen-bond acceptors (Lipinski definition) is 0. The molecule has 0 saturated heterocycles. The minimum atomic E-state index is -0.846. The quantitative estimate of drug-likeness (QED) is 0.514. The molecule has 0 amide bonds. The van der Waals surface area contributed by atoms with Crippen molar-refractivity contribution < 1.29 is 4.39 Å². The summed E-state index contributed by atoms with van der Waals surface area (Å²) in [6, 6.07) is 7.52. The first-order valence-electron chi connectivity index (χ1n) is 3.41. The van der Waals surface area contributed by atoms with Gasteiger partial charge >= 0.3 is 0 Å². The second-order valence-electron chi connectivity index (χ2n) is 2.47. The van der Waals surface area contributed by atoms with Crippen molar-refractivity contribution in [3.8, 4) is 0 Å². The van der Waals surface area contributed by atoms with Gasteiger partial charge in [0, 0.05) is 0 Å². The highest BCUT2D eigenvalue weighted by molar-refractivity contribution is 6.11. The van der Waals surface area contributed by atoms with E-state index in [1.165, 1.54) is 0 Å². The van der Waals surface area contributed by atoms with Crippen LogP contribution >= 0.6 is 0 Å². The van der Waals surface area contributed by atoms with Gasteiger partial charge in [-0.25, -0.2) is 0 Å². The molecule has 0 fully saturated rings. The first-order valence-corrected chi connectivity index (χ1v) is 3.41. The van der Waals surface area contributed by atoms with Crippen LogP contribution in [0.25, 0.3) is 0 Å². The molecular formula is C8H10BF. The molecule has 0 heterocycles. The third-order valence-electron chi connectivity index (χ3n) is 1.62. The van der Waals surface area contributed by atoms with Gasteiger partial charge in [-0.2, -0.15) is 0 Å². The Labute approximate surface area is 61.5 Å². The summed E-state index contributed by atoms with van der Waals surface area (Å²) in [5.41, 5.74) is 1.82. The molecule has 0 nitrogen and oxygen atoms in total. The van der Waals surface area contributed by atoms with Gasteiger partial charge in [-0.05, 0) is 18.1 Å². The predicted octanol–water partition coefficient (Wildman–Crippen LogP) is 1.60. The molecule has 0 aliphatic heterocycles. The van der Waals surface area contributed by atoms with Crippen LogP contribution in [0.2, 0.25) is 0 Å². The number of hydrogen-bond donors (Lipinski definition) is 0. The molecule has 0 aliphatic rings. The van der Waals surface area contributed by atoms with Crippen LogP contribution in [0.3, 0.4) is 0 Å². The normalized spacial score (nSPS) is 13.0. The average molecular weight is 136 g/mol. The zero-order valence-electron chi connectivity index (χ0n) is 6.26. The highest BCUT2D eigenvalue weighted by Gasteiger charge is 2.03. The van der Waals surface area contributed by atoms with Crippen LogP contribution in [-0.2, 0) is 0 Å². The van der Waals surface area contributed by atoms with Gasteiger partial charge in [0.25, 0.3) is 0 Å². The smallest absolute Gasteiger partial charge is 0.152 e. The van der Waals surface area contributed by atoms with E-state index in [-0.39, 0.29) is 0 Å². The fraction of sp³-hybridized carbons (Fsp3) is 0.250. The number of halogens is 1. The fourth-order valence-electron chi connectivity index (χ4n) is 1.03. The Kier molecular flexibility index (Phi) is 2.10. The first-order chi connectivity index (χ1) is 4.72. The summed E-state index contributed by atoms with van der Waals surface area (Å²) in [6.45, 7) is 1.92. The van der Waals surface area contributed by atoms with Crippen molar-refractivity contribution in [2.45, 2.75) is 13.0 Å². The molecule has 0 saturated carbocycles. The van der Waals surface area contributed by atoms with Crippen molar-refractivity contribution in [1.82, 2.24) is 0 Å². The molecule has 1 aromatic carbocycles. The van der Waals surface area contributed by atoms with Crippen molar-refractivity contribution >= 4 is 7.85 Å². The third-order valence-corrected chi connectivity index (χ3v) is 1.62. The van der Waals surface area contributed by atoms with E-state index in [0.29, 0.717) is 0 Å². The summed E-state index contributed by atoms with van der Waals surface area (Å²) in [5, 5.41) is 0.